The molecule has 1 aliphatic heterocycles. The van der Waals surface area contributed by atoms with Gasteiger partial charge in [-0.1, -0.05) is 30.3 Å². The molecule has 0 saturated carbocycles. The van der Waals surface area contributed by atoms with Crippen molar-refractivity contribution in [2.24, 2.45) is 0 Å². The average molecular weight is 317 g/mol. The second-order valence-electron chi connectivity index (χ2n) is 6.22. The van der Waals surface area contributed by atoms with Crippen molar-refractivity contribution in [1.82, 2.24) is 4.90 Å². The fourth-order valence-corrected chi connectivity index (χ4v) is 3.05. The van der Waals surface area contributed by atoms with Gasteiger partial charge in [0.25, 0.3) is 0 Å². The first-order valence-electron chi connectivity index (χ1n) is 8.07. The third-order valence-electron chi connectivity index (χ3n) is 4.54. The van der Waals surface area contributed by atoms with Crippen molar-refractivity contribution in [2.45, 2.75) is 51.0 Å². The Bertz CT molecular complexity index is 584. The van der Waals surface area contributed by atoms with Gasteiger partial charge in [-0.3, -0.25) is 9.59 Å². The van der Waals surface area contributed by atoms with Crippen LogP contribution in [-0.4, -0.2) is 39.7 Å². The predicted octanol–water partition coefficient (Wildman–Crippen LogP) is 2.90. The lowest BCUT2D eigenvalue weighted by molar-refractivity contribution is -0.161. The SMILES string of the molecule is C[C@]1(C(=O)O)CCCCN1C(=O)CCCC(=O)c1ccccc1. The molecule has 1 fully saturated rings. The lowest BCUT2D eigenvalue weighted by Crippen LogP contribution is -2.57. The maximum absolute atomic E-state index is 12.4. The number of carboxylic acid groups (broad SMARTS) is 1. The first kappa shape index (κ1) is 17.2. The first-order valence-corrected chi connectivity index (χ1v) is 8.07. The molecule has 1 aromatic carbocycles. The smallest absolute Gasteiger partial charge is 0.329 e. The number of likely N-dealkylation sites (tertiary alicyclic amines) is 1. The van der Waals surface area contributed by atoms with Gasteiger partial charge in [0.15, 0.2) is 5.78 Å². The summed E-state index contributed by atoms with van der Waals surface area (Å²) in [5, 5.41) is 9.43. The van der Waals surface area contributed by atoms with Gasteiger partial charge in [-0.2, -0.15) is 0 Å². The highest BCUT2D eigenvalue weighted by Gasteiger charge is 2.43. The van der Waals surface area contributed by atoms with Crippen LogP contribution in [0.1, 0.15) is 55.8 Å². The largest absolute Gasteiger partial charge is 0.480 e. The van der Waals surface area contributed by atoms with Gasteiger partial charge < -0.3 is 10.0 Å². The van der Waals surface area contributed by atoms with Crippen molar-refractivity contribution >= 4 is 17.7 Å². The van der Waals surface area contributed by atoms with Crippen LogP contribution in [-0.2, 0) is 9.59 Å². The summed E-state index contributed by atoms with van der Waals surface area (Å²) in [7, 11) is 0. The fraction of sp³-hybridized carbons (Fsp3) is 0.500. The Morgan fingerprint density at radius 1 is 1.13 bits per heavy atom. The van der Waals surface area contributed by atoms with Crippen LogP contribution in [0.4, 0.5) is 0 Å². The Hall–Kier alpha value is -2.17. The van der Waals surface area contributed by atoms with E-state index in [9.17, 15) is 19.5 Å². The fourth-order valence-electron chi connectivity index (χ4n) is 3.05. The zero-order chi connectivity index (χ0) is 16.9. The molecule has 0 aliphatic carbocycles. The summed E-state index contributed by atoms with van der Waals surface area (Å²) < 4.78 is 0. The predicted molar refractivity (Wildman–Crippen MR) is 86.2 cm³/mol. The van der Waals surface area contributed by atoms with Crippen molar-refractivity contribution < 1.29 is 19.5 Å². The normalized spacial score (nSPS) is 21.0. The van der Waals surface area contributed by atoms with E-state index in [2.05, 4.69) is 0 Å². The molecule has 23 heavy (non-hydrogen) atoms. The van der Waals surface area contributed by atoms with E-state index in [1.165, 1.54) is 4.90 Å². The summed E-state index contributed by atoms with van der Waals surface area (Å²) in [5.41, 5.74) is -0.466. The van der Waals surface area contributed by atoms with Gasteiger partial charge in [-0.15, -0.1) is 0 Å². The van der Waals surface area contributed by atoms with E-state index in [-0.39, 0.29) is 18.1 Å². The second kappa shape index (κ2) is 7.40. The molecule has 1 aliphatic rings. The molecule has 2 rings (SSSR count). The van der Waals surface area contributed by atoms with E-state index in [1.807, 2.05) is 18.2 Å². The molecular formula is C18H23NO4. The molecule has 0 unspecified atom stereocenters. The lowest BCUT2D eigenvalue weighted by atomic mass is 9.88. The van der Waals surface area contributed by atoms with E-state index in [0.717, 1.165) is 12.8 Å². The minimum Gasteiger partial charge on any atom is -0.480 e. The molecule has 1 aromatic rings. The van der Waals surface area contributed by atoms with E-state index in [1.54, 1.807) is 19.1 Å². The number of Topliss-reactive ketones (excluding diaryl/α,β-unsaturated/α-hetero) is 1. The van der Waals surface area contributed by atoms with Crippen LogP contribution in [0.25, 0.3) is 0 Å². The Kier molecular flexibility index (Phi) is 5.53. The standard InChI is InChI=1S/C18H23NO4/c1-18(17(22)23)12-5-6-13-19(18)16(21)11-7-10-15(20)14-8-3-2-4-9-14/h2-4,8-9H,5-7,10-13H2,1H3,(H,22,23)/t18-/m1/s1. The number of hydrogen-bond donors (Lipinski definition) is 1. The monoisotopic (exact) mass is 317 g/mol. The van der Waals surface area contributed by atoms with Crippen molar-refractivity contribution in [3.63, 3.8) is 0 Å². The molecule has 1 N–H and O–H groups in total. The summed E-state index contributed by atoms with van der Waals surface area (Å²) in [4.78, 5) is 37.4. The van der Waals surface area contributed by atoms with Gasteiger partial charge in [0.1, 0.15) is 5.54 Å². The van der Waals surface area contributed by atoms with E-state index < -0.39 is 11.5 Å². The van der Waals surface area contributed by atoms with Crippen molar-refractivity contribution in [2.75, 3.05) is 6.54 Å². The maximum Gasteiger partial charge on any atom is 0.329 e. The third kappa shape index (κ3) is 3.97. The first-order chi connectivity index (χ1) is 10.9. The third-order valence-corrected chi connectivity index (χ3v) is 4.54. The lowest BCUT2D eigenvalue weighted by Gasteiger charge is -2.41. The topological polar surface area (TPSA) is 74.7 Å². The molecule has 1 amide bonds. The van der Waals surface area contributed by atoms with Gasteiger partial charge in [-0.05, 0) is 32.6 Å². The van der Waals surface area contributed by atoms with Gasteiger partial charge in [-0.25, -0.2) is 4.79 Å². The minimum atomic E-state index is -1.11. The Labute approximate surface area is 136 Å². The molecule has 124 valence electrons. The molecule has 5 nitrogen and oxygen atoms in total. The van der Waals surface area contributed by atoms with E-state index >= 15 is 0 Å². The van der Waals surface area contributed by atoms with Crippen LogP contribution in [0, 0.1) is 0 Å². The Balaban J connectivity index is 1.89. The van der Waals surface area contributed by atoms with Crippen LogP contribution in [0.5, 0.6) is 0 Å². The molecule has 1 atom stereocenters. The molecule has 0 spiro atoms. The molecule has 1 heterocycles. The quantitative estimate of drug-likeness (QED) is 0.819. The molecule has 1 saturated heterocycles. The molecule has 5 heteroatoms. The highest BCUT2D eigenvalue weighted by atomic mass is 16.4. The van der Waals surface area contributed by atoms with Crippen LogP contribution in [0.3, 0.4) is 0 Å². The number of nitrogens with zero attached hydrogens (tertiary/aromatic N) is 1. The number of amides is 1. The summed E-state index contributed by atoms with van der Waals surface area (Å²) >= 11 is 0. The van der Waals surface area contributed by atoms with Gasteiger partial charge in [0, 0.05) is 24.9 Å². The van der Waals surface area contributed by atoms with Crippen molar-refractivity contribution in [3.8, 4) is 0 Å². The highest BCUT2D eigenvalue weighted by molar-refractivity contribution is 5.96. The minimum absolute atomic E-state index is 0.0121. The molecular weight excluding hydrogens is 294 g/mol. The average Bonchev–Trinajstić information content (AvgIpc) is 2.55. The molecule has 0 bridgehead atoms. The van der Waals surface area contributed by atoms with Crippen molar-refractivity contribution in [3.05, 3.63) is 35.9 Å². The Morgan fingerprint density at radius 3 is 2.48 bits per heavy atom. The number of piperidine rings is 1. The summed E-state index contributed by atoms with van der Waals surface area (Å²) in [6.07, 6.45) is 3.08. The van der Waals surface area contributed by atoms with Gasteiger partial charge >= 0.3 is 5.97 Å². The number of rotatable bonds is 6. The summed E-state index contributed by atoms with van der Waals surface area (Å²) in [5.74, 6) is -1.11. The number of carboxylic acids is 1. The van der Waals surface area contributed by atoms with Crippen LogP contribution >= 0.6 is 0 Å². The van der Waals surface area contributed by atoms with E-state index in [0.29, 0.717) is 31.4 Å². The van der Waals surface area contributed by atoms with E-state index in [4.69, 9.17) is 0 Å². The van der Waals surface area contributed by atoms with Gasteiger partial charge in [0.05, 0.1) is 0 Å². The van der Waals surface area contributed by atoms with Crippen molar-refractivity contribution in [1.29, 1.82) is 0 Å². The van der Waals surface area contributed by atoms with Crippen LogP contribution in [0.2, 0.25) is 0 Å². The van der Waals surface area contributed by atoms with Crippen LogP contribution < -0.4 is 0 Å². The van der Waals surface area contributed by atoms with Crippen LogP contribution in [0.15, 0.2) is 30.3 Å². The number of carbonyl (C=O) groups is 3. The molecule has 0 radical (unpaired) electrons. The number of hydrogen-bond acceptors (Lipinski definition) is 3. The number of benzene rings is 1. The zero-order valence-electron chi connectivity index (χ0n) is 13.5. The number of carbonyl (C=O) groups excluding carboxylic acids is 2. The zero-order valence-corrected chi connectivity index (χ0v) is 13.5. The highest BCUT2D eigenvalue weighted by Crippen LogP contribution is 2.29. The van der Waals surface area contributed by atoms with Gasteiger partial charge in [0.2, 0.25) is 5.91 Å². The number of aliphatic carboxylic acids is 1. The molecule has 0 aromatic heterocycles. The maximum atomic E-state index is 12.4. The number of ketones is 1. The second-order valence-corrected chi connectivity index (χ2v) is 6.22. The summed E-state index contributed by atoms with van der Waals surface area (Å²) in [6, 6.07) is 8.99. The Morgan fingerprint density at radius 2 is 1.83 bits per heavy atom. The summed E-state index contributed by atoms with van der Waals surface area (Å²) in [6.45, 7) is 2.09.